The molecule has 4 nitrogen and oxygen atoms in total. The van der Waals surface area contributed by atoms with Gasteiger partial charge < -0.3 is 5.43 Å². The zero-order chi connectivity index (χ0) is 10.1. The number of H-pyrrole nitrogens is 1. The number of nitrogens with zero attached hydrogens (tertiary/aromatic N) is 2. The number of nitrogens with one attached hydrogen (secondary N) is 2. The van der Waals surface area contributed by atoms with Gasteiger partial charge in [0, 0.05) is 24.2 Å². The molecule has 1 saturated heterocycles. The second-order valence-corrected chi connectivity index (χ2v) is 3.98. The summed E-state index contributed by atoms with van der Waals surface area (Å²) >= 11 is 0. The van der Waals surface area contributed by atoms with Crippen LogP contribution in [0.15, 0.2) is 24.4 Å². The maximum Gasteiger partial charge on any atom is 0.0651 e. The molecule has 4 heteroatoms. The molecule has 0 atom stereocenters. The van der Waals surface area contributed by atoms with Crippen molar-refractivity contribution in [3.05, 3.63) is 24.4 Å². The molecule has 1 fully saturated rings. The molecule has 1 aromatic carbocycles. The number of aromatic nitrogens is 2. The standard InChI is InChI=1S/C11H14N4/c1-2-6-15(5-1)14-10-3-4-11-9(7-10)8-12-13-11/h3-4,7-8,14H,1-2,5-6H2,(H,12,13). The Hall–Kier alpha value is -1.55. The third kappa shape index (κ3) is 1.68. The van der Waals surface area contributed by atoms with Gasteiger partial charge in [0.2, 0.25) is 0 Å². The van der Waals surface area contributed by atoms with Gasteiger partial charge in [0.15, 0.2) is 0 Å². The predicted molar refractivity (Wildman–Crippen MR) is 60.5 cm³/mol. The molecule has 2 N–H and O–H groups in total. The van der Waals surface area contributed by atoms with Gasteiger partial charge >= 0.3 is 0 Å². The van der Waals surface area contributed by atoms with Crippen LogP contribution in [0.2, 0.25) is 0 Å². The molecule has 0 saturated carbocycles. The Kier molecular flexibility index (Phi) is 2.07. The number of aromatic amines is 1. The van der Waals surface area contributed by atoms with Crippen molar-refractivity contribution >= 4 is 16.6 Å². The summed E-state index contributed by atoms with van der Waals surface area (Å²) in [5, 5.41) is 10.4. The number of rotatable bonds is 2. The molecule has 2 aromatic rings. The highest BCUT2D eigenvalue weighted by molar-refractivity contribution is 5.81. The minimum absolute atomic E-state index is 1.09. The Bertz CT molecular complexity index is 456. The monoisotopic (exact) mass is 202 g/mol. The molecule has 0 bridgehead atoms. The lowest BCUT2D eigenvalue weighted by Crippen LogP contribution is -2.25. The molecule has 0 radical (unpaired) electrons. The summed E-state index contributed by atoms with van der Waals surface area (Å²) in [5.74, 6) is 0. The van der Waals surface area contributed by atoms with Gasteiger partial charge in [-0.25, -0.2) is 5.01 Å². The van der Waals surface area contributed by atoms with Crippen molar-refractivity contribution < 1.29 is 0 Å². The Labute approximate surface area is 88.2 Å². The van der Waals surface area contributed by atoms with Gasteiger partial charge in [-0.05, 0) is 31.0 Å². The molecule has 0 aliphatic carbocycles. The minimum atomic E-state index is 1.09. The van der Waals surface area contributed by atoms with E-state index in [1.165, 1.54) is 12.8 Å². The highest BCUT2D eigenvalue weighted by Crippen LogP contribution is 2.18. The molecule has 78 valence electrons. The maximum atomic E-state index is 4.01. The van der Waals surface area contributed by atoms with Crippen molar-refractivity contribution in [2.75, 3.05) is 18.5 Å². The summed E-state index contributed by atoms with van der Waals surface area (Å²) in [5.41, 5.74) is 5.64. The average molecular weight is 202 g/mol. The van der Waals surface area contributed by atoms with Gasteiger partial charge in [0.25, 0.3) is 0 Å². The van der Waals surface area contributed by atoms with Crippen LogP contribution in [0.1, 0.15) is 12.8 Å². The molecule has 3 rings (SSSR count). The Morgan fingerprint density at radius 3 is 3.00 bits per heavy atom. The molecule has 0 unspecified atom stereocenters. The quantitative estimate of drug-likeness (QED) is 0.782. The number of anilines is 1. The first kappa shape index (κ1) is 8.73. The van der Waals surface area contributed by atoms with Crippen molar-refractivity contribution in [2.45, 2.75) is 12.8 Å². The topological polar surface area (TPSA) is 44.0 Å². The summed E-state index contributed by atoms with van der Waals surface area (Å²) in [6.45, 7) is 2.28. The minimum Gasteiger partial charge on any atom is -0.319 e. The van der Waals surface area contributed by atoms with Gasteiger partial charge in [0.1, 0.15) is 0 Å². The normalized spacial score (nSPS) is 17.3. The molecule has 0 amide bonds. The fraction of sp³-hybridized carbons (Fsp3) is 0.364. The molecule has 1 aliphatic heterocycles. The Balaban J connectivity index is 1.84. The molecular formula is C11H14N4. The Morgan fingerprint density at radius 2 is 2.13 bits per heavy atom. The average Bonchev–Trinajstić information content (AvgIpc) is 2.87. The fourth-order valence-corrected chi connectivity index (χ4v) is 2.02. The predicted octanol–water partition coefficient (Wildman–Crippen LogP) is 1.99. The van der Waals surface area contributed by atoms with Gasteiger partial charge in [0.05, 0.1) is 11.7 Å². The van der Waals surface area contributed by atoms with E-state index in [0.29, 0.717) is 0 Å². The van der Waals surface area contributed by atoms with E-state index in [1.54, 1.807) is 0 Å². The van der Waals surface area contributed by atoms with Crippen molar-refractivity contribution in [1.29, 1.82) is 0 Å². The summed E-state index contributed by atoms with van der Waals surface area (Å²) in [7, 11) is 0. The number of fused-ring (bicyclic) bond motifs is 1. The van der Waals surface area contributed by atoms with Crippen LogP contribution < -0.4 is 5.43 Å². The number of hydrogen-bond acceptors (Lipinski definition) is 3. The lowest BCUT2D eigenvalue weighted by atomic mass is 10.2. The van der Waals surface area contributed by atoms with Gasteiger partial charge in [-0.15, -0.1) is 0 Å². The highest BCUT2D eigenvalue weighted by Gasteiger charge is 2.10. The van der Waals surface area contributed by atoms with E-state index in [9.17, 15) is 0 Å². The smallest absolute Gasteiger partial charge is 0.0651 e. The van der Waals surface area contributed by atoms with Crippen LogP contribution in [0.4, 0.5) is 5.69 Å². The third-order valence-electron chi connectivity index (χ3n) is 2.83. The summed E-state index contributed by atoms with van der Waals surface area (Å²) in [6, 6.07) is 6.26. The molecule has 15 heavy (non-hydrogen) atoms. The SMILES string of the molecule is c1cc2[nH]ncc2cc1NN1CCCC1. The second kappa shape index (κ2) is 3.55. The lowest BCUT2D eigenvalue weighted by molar-refractivity contribution is 0.410. The summed E-state index contributed by atoms with van der Waals surface area (Å²) in [4.78, 5) is 0. The number of hydrazine groups is 1. The molecule has 0 spiro atoms. The fourth-order valence-electron chi connectivity index (χ4n) is 2.02. The van der Waals surface area contributed by atoms with Crippen molar-refractivity contribution in [3.63, 3.8) is 0 Å². The molecule has 1 aromatic heterocycles. The van der Waals surface area contributed by atoms with Crippen LogP contribution in [-0.2, 0) is 0 Å². The highest BCUT2D eigenvalue weighted by atomic mass is 15.5. The van der Waals surface area contributed by atoms with Crippen LogP contribution in [0.5, 0.6) is 0 Å². The van der Waals surface area contributed by atoms with Crippen LogP contribution in [0, 0.1) is 0 Å². The lowest BCUT2D eigenvalue weighted by Gasteiger charge is -2.17. The van der Waals surface area contributed by atoms with Crippen molar-refractivity contribution in [2.24, 2.45) is 0 Å². The van der Waals surface area contributed by atoms with E-state index in [0.717, 1.165) is 29.7 Å². The first-order chi connectivity index (χ1) is 7.42. The maximum absolute atomic E-state index is 4.01. The van der Waals surface area contributed by atoms with Crippen LogP contribution >= 0.6 is 0 Å². The second-order valence-electron chi connectivity index (χ2n) is 3.98. The first-order valence-electron chi connectivity index (χ1n) is 5.36. The van der Waals surface area contributed by atoms with E-state index in [4.69, 9.17) is 0 Å². The Morgan fingerprint density at radius 1 is 1.27 bits per heavy atom. The number of benzene rings is 1. The van der Waals surface area contributed by atoms with E-state index >= 15 is 0 Å². The van der Waals surface area contributed by atoms with E-state index in [2.05, 4.69) is 38.8 Å². The third-order valence-corrected chi connectivity index (χ3v) is 2.83. The van der Waals surface area contributed by atoms with Crippen LogP contribution in [0.3, 0.4) is 0 Å². The van der Waals surface area contributed by atoms with Gasteiger partial charge in [-0.2, -0.15) is 5.10 Å². The van der Waals surface area contributed by atoms with Crippen LogP contribution in [-0.4, -0.2) is 28.3 Å². The summed E-state index contributed by atoms with van der Waals surface area (Å²) < 4.78 is 0. The first-order valence-corrected chi connectivity index (χ1v) is 5.36. The largest absolute Gasteiger partial charge is 0.319 e. The zero-order valence-electron chi connectivity index (χ0n) is 8.53. The van der Waals surface area contributed by atoms with Crippen molar-refractivity contribution in [3.8, 4) is 0 Å². The van der Waals surface area contributed by atoms with E-state index < -0.39 is 0 Å². The molecule has 1 aliphatic rings. The van der Waals surface area contributed by atoms with Gasteiger partial charge in [-0.1, -0.05) is 0 Å². The van der Waals surface area contributed by atoms with Crippen LogP contribution in [0.25, 0.3) is 10.9 Å². The van der Waals surface area contributed by atoms with E-state index in [-0.39, 0.29) is 0 Å². The zero-order valence-corrected chi connectivity index (χ0v) is 8.53. The van der Waals surface area contributed by atoms with E-state index in [1.807, 2.05) is 6.20 Å². The molecular weight excluding hydrogens is 188 g/mol. The number of hydrogen-bond donors (Lipinski definition) is 2. The summed E-state index contributed by atoms with van der Waals surface area (Å²) in [6.07, 6.45) is 4.44. The van der Waals surface area contributed by atoms with Gasteiger partial charge in [-0.3, -0.25) is 5.10 Å². The van der Waals surface area contributed by atoms with Crippen molar-refractivity contribution in [1.82, 2.24) is 15.2 Å². The molecule has 2 heterocycles.